The number of aromatic amines is 1. The van der Waals surface area contributed by atoms with Gasteiger partial charge in [-0.2, -0.15) is 0 Å². The molecule has 31 heavy (non-hydrogen) atoms. The number of hydrogen-bond acceptors (Lipinski definition) is 6. The van der Waals surface area contributed by atoms with Crippen molar-refractivity contribution in [3.8, 4) is 0 Å². The van der Waals surface area contributed by atoms with E-state index in [2.05, 4.69) is 20.2 Å². The quantitative estimate of drug-likeness (QED) is 0.608. The average molecular weight is 443 g/mol. The highest BCUT2D eigenvalue weighted by Crippen LogP contribution is 2.20. The van der Waals surface area contributed by atoms with Crippen molar-refractivity contribution in [3.05, 3.63) is 53.9 Å². The Morgan fingerprint density at radius 3 is 2.55 bits per heavy atom. The third-order valence-corrected chi connectivity index (χ3v) is 7.50. The van der Waals surface area contributed by atoms with Gasteiger partial charge in [-0.15, -0.1) is 0 Å². The number of hydrogen-bond donors (Lipinski definition) is 2. The summed E-state index contributed by atoms with van der Waals surface area (Å²) in [5.74, 6) is 0.572. The van der Waals surface area contributed by atoms with Crippen molar-refractivity contribution in [3.63, 3.8) is 0 Å². The molecule has 1 amide bonds. The lowest BCUT2D eigenvalue weighted by Crippen LogP contribution is -2.35. The molecule has 1 aromatic heterocycles. The van der Waals surface area contributed by atoms with Gasteiger partial charge in [-0.1, -0.05) is 0 Å². The van der Waals surface area contributed by atoms with Crippen molar-refractivity contribution in [1.29, 1.82) is 0 Å². The van der Waals surface area contributed by atoms with Crippen LogP contribution in [0.5, 0.6) is 0 Å². The summed E-state index contributed by atoms with van der Waals surface area (Å²) >= 11 is 0. The molecule has 0 radical (unpaired) electrons. The second-order valence-electron chi connectivity index (χ2n) is 7.88. The molecule has 1 saturated heterocycles. The molecule has 0 aliphatic carbocycles. The van der Waals surface area contributed by atoms with Crippen LogP contribution in [0.15, 0.2) is 47.4 Å². The molecule has 0 saturated carbocycles. The monoisotopic (exact) mass is 442 g/mol. The summed E-state index contributed by atoms with van der Waals surface area (Å²) in [6, 6.07) is 11.5. The zero-order valence-electron chi connectivity index (χ0n) is 17.6. The highest BCUT2D eigenvalue weighted by atomic mass is 32.2. The number of morpholine rings is 1. The second kappa shape index (κ2) is 8.78. The maximum Gasteiger partial charge on any atom is 0.255 e. The van der Waals surface area contributed by atoms with Crippen LogP contribution in [0.3, 0.4) is 0 Å². The van der Waals surface area contributed by atoms with Gasteiger partial charge in [-0.3, -0.25) is 9.69 Å². The molecule has 3 aromatic rings. The summed E-state index contributed by atoms with van der Waals surface area (Å²) in [7, 11) is -3.36. The van der Waals surface area contributed by atoms with Gasteiger partial charge in [0.1, 0.15) is 5.82 Å². The molecule has 164 valence electrons. The molecule has 0 atom stereocenters. The first-order chi connectivity index (χ1) is 14.8. The molecule has 0 unspecified atom stereocenters. The summed E-state index contributed by atoms with van der Waals surface area (Å²) in [5.41, 5.74) is 2.71. The van der Waals surface area contributed by atoms with Gasteiger partial charge in [-0.05, 0) is 56.3 Å². The molecule has 2 aromatic carbocycles. The summed E-state index contributed by atoms with van der Waals surface area (Å²) in [6.45, 7) is 7.24. The fraction of sp³-hybridized carbons (Fsp3) is 0.364. The van der Waals surface area contributed by atoms with Crippen molar-refractivity contribution in [2.75, 3.05) is 31.6 Å². The molecule has 0 spiro atoms. The number of carbonyl (C=O) groups is 1. The molecule has 2 N–H and O–H groups in total. The van der Waals surface area contributed by atoms with Crippen LogP contribution in [-0.2, 0) is 21.1 Å². The number of rotatable bonds is 6. The van der Waals surface area contributed by atoms with E-state index < -0.39 is 15.1 Å². The second-order valence-corrected chi connectivity index (χ2v) is 10.4. The van der Waals surface area contributed by atoms with Crippen LogP contribution in [0.4, 0.5) is 5.69 Å². The summed E-state index contributed by atoms with van der Waals surface area (Å²) in [5, 5.41) is 2.35. The number of ether oxygens (including phenoxy) is 1. The first-order valence-corrected chi connectivity index (χ1v) is 11.8. The molecule has 1 aliphatic heterocycles. The van der Waals surface area contributed by atoms with Gasteiger partial charge < -0.3 is 15.0 Å². The van der Waals surface area contributed by atoms with Crippen molar-refractivity contribution in [2.45, 2.75) is 30.5 Å². The SMILES string of the molecule is CC(C)S(=O)(=O)c1ccc(C(=O)Nc2ccc3nc(CN4CCOCC4)[nH]c3c2)cc1. The number of nitrogens with one attached hydrogen (secondary N) is 2. The number of benzene rings is 2. The molecular weight excluding hydrogens is 416 g/mol. The molecule has 0 bridgehead atoms. The Morgan fingerprint density at radius 2 is 1.87 bits per heavy atom. The first kappa shape index (κ1) is 21.5. The van der Waals surface area contributed by atoms with E-state index in [1.54, 1.807) is 19.9 Å². The average Bonchev–Trinajstić information content (AvgIpc) is 3.16. The van der Waals surface area contributed by atoms with Gasteiger partial charge in [0.15, 0.2) is 9.84 Å². The largest absolute Gasteiger partial charge is 0.379 e. The summed E-state index contributed by atoms with van der Waals surface area (Å²) < 4.78 is 29.9. The minimum absolute atomic E-state index is 0.214. The highest BCUT2D eigenvalue weighted by molar-refractivity contribution is 7.92. The van der Waals surface area contributed by atoms with Crippen LogP contribution in [0.2, 0.25) is 0 Å². The maximum absolute atomic E-state index is 12.6. The zero-order chi connectivity index (χ0) is 22.0. The number of sulfone groups is 1. The topological polar surface area (TPSA) is 104 Å². The van der Waals surface area contributed by atoms with Gasteiger partial charge in [-0.25, -0.2) is 13.4 Å². The van der Waals surface area contributed by atoms with E-state index in [0.29, 0.717) is 11.3 Å². The Hall–Kier alpha value is -2.75. The summed E-state index contributed by atoms with van der Waals surface area (Å²) in [4.78, 5) is 23.1. The van der Waals surface area contributed by atoms with Gasteiger partial charge in [0.05, 0.1) is 40.9 Å². The summed E-state index contributed by atoms with van der Waals surface area (Å²) in [6.07, 6.45) is 0. The highest BCUT2D eigenvalue weighted by Gasteiger charge is 2.19. The smallest absolute Gasteiger partial charge is 0.255 e. The van der Waals surface area contributed by atoms with Crippen molar-refractivity contribution in [2.24, 2.45) is 0 Å². The van der Waals surface area contributed by atoms with E-state index in [4.69, 9.17) is 4.74 Å². The number of anilines is 1. The third-order valence-electron chi connectivity index (χ3n) is 5.33. The van der Waals surface area contributed by atoms with Gasteiger partial charge in [0, 0.05) is 24.3 Å². The van der Waals surface area contributed by atoms with Crippen molar-refractivity contribution < 1.29 is 17.9 Å². The number of imidazole rings is 1. The lowest BCUT2D eigenvalue weighted by molar-refractivity contribution is 0.0332. The molecular formula is C22H26N4O4S. The molecule has 4 rings (SSSR count). The van der Waals surface area contributed by atoms with Crippen LogP contribution in [-0.4, -0.2) is 60.7 Å². The normalized spacial score (nSPS) is 15.5. The lowest BCUT2D eigenvalue weighted by Gasteiger charge is -2.25. The Bertz CT molecular complexity index is 1180. The van der Waals surface area contributed by atoms with Crippen LogP contribution >= 0.6 is 0 Å². The van der Waals surface area contributed by atoms with E-state index in [9.17, 15) is 13.2 Å². The fourth-order valence-corrected chi connectivity index (χ4v) is 4.52. The van der Waals surface area contributed by atoms with Gasteiger partial charge in [0.2, 0.25) is 0 Å². The Balaban J connectivity index is 1.46. The van der Waals surface area contributed by atoms with Gasteiger partial charge in [0.25, 0.3) is 5.91 Å². The number of nitrogens with zero attached hydrogens (tertiary/aromatic N) is 2. The zero-order valence-corrected chi connectivity index (χ0v) is 18.4. The van der Waals surface area contributed by atoms with Crippen LogP contribution in [0.25, 0.3) is 11.0 Å². The number of carbonyl (C=O) groups excluding carboxylic acids is 1. The molecule has 1 aliphatic rings. The number of aromatic nitrogens is 2. The number of amides is 1. The van der Waals surface area contributed by atoms with Crippen LogP contribution in [0, 0.1) is 0 Å². The Labute approximate surface area is 181 Å². The van der Waals surface area contributed by atoms with Crippen LogP contribution in [0.1, 0.15) is 30.0 Å². The van der Waals surface area contributed by atoms with E-state index >= 15 is 0 Å². The van der Waals surface area contributed by atoms with E-state index in [0.717, 1.165) is 49.7 Å². The van der Waals surface area contributed by atoms with Crippen LogP contribution < -0.4 is 5.32 Å². The molecule has 9 heteroatoms. The first-order valence-electron chi connectivity index (χ1n) is 10.3. The maximum atomic E-state index is 12.6. The molecule has 1 fully saturated rings. The Morgan fingerprint density at radius 1 is 1.16 bits per heavy atom. The molecule has 2 heterocycles. The lowest BCUT2D eigenvalue weighted by atomic mass is 10.2. The van der Waals surface area contributed by atoms with Crippen molar-refractivity contribution in [1.82, 2.24) is 14.9 Å². The standard InChI is InChI=1S/C22H26N4O4S/c1-15(2)31(28,29)18-6-3-16(4-7-18)22(27)23-17-5-8-19-20(13-17)25-21(24-19)14-26-9-11-30-12-10-26/h3-8,13,15H,9-12,14H2,1-2H3,(H,23,27)(H,24,25). The fourth-order valence-electron chi connectivity index (χ4n) is 3.46. The minimum Gasteiger partial charge on any atom is -0.379 e. The Kier molecular flexibility index (Phi) is 6.08. The molecule has 8 nitrogen and oxygen atoms in total. The van der Waals surface area contributed by atoms with Gasteiger partial charge >= 0.3 is 0 Å². The van der Waals surface area contributed by atoms with E-state index in [-0.39, 0.29) is 10.8 Å². The predicted molar refractivity (Wildman–Crippen MR) is 119 cm³/mol. The van der Waals surface area contributed by atoms with Crippen molar-refractivity contribution >= 4 is 32.5 Å². The number of H-pyrrole nitrogens is 1. The number of fused-ring (bicyclic) bond motifs is 1. The van der Waals surface area contributed by atoms with E-state index in [1.807, 2.05) is 12.1 Å². The van der Waals surface area contributed by atoms with E-state index in [1.165, 1.54) is 24.3 Å². The third kappa shape index (κ3) is 4.79. The predicted octanol–water partition coefficient (Wildman–Crippen LogP) is 2.83. The minimum atomic E-state index is -3.36.